The number of hydrogen-bond donors (Lipinski definition) is 2. The van der Waals surface area contributed by atoms with Crippen LogP contribution in [0.1, 0.15) is 30.6 Å². The summed E-state index contributed by atoms with van der Waals surface area (Å²) in [5.74, 6) is 5.78. The van der Waals surface area contributed by atoms with Crippen molar-refractivity contribution in [2.24, 2.45) is 5.84 Å². The molecule has 21 heavy (non-hydrogen) atoms. The van der Waals surface area contributed by atoms with Gasteiger partial charge in [-0.1, -0.05) is 60.7 Å². The summed E-state index contributed by atoms with van der Waals surface area (Å²) >= 11 is 0. The number of ether oxygens (including phenoxy) is 1. The SMILES string of the molecule is CCOC(c1ccccc1)C(CCc1ccccc1)NN. The van der Waals surface area contributed by atoms with Crippen molar-refractivity contribution in [3.05, 3.63) is 71.8 Å². The van der Waals surface area contributed by atoms with Crippen LogP contribution in [0.4, 0.5) is 0 Å². The average molecular weight is 284 g/mol. The highest BCUT2D eigenvalue weighted by molar-refractivity contribution is 5.20. The molecule has 3 N–H and O–H groups in total. The van der Waals surface area contributed by atoms with Gasteiger partial charge in [0, 0.05) is 6.61 Å². The predicted octanol–water partition coefficient (Wildman–Crippen LogP) is 3.23. The minimum Gasteiger partial charge on any atom is -0.372 e. The summed E-state index contributed by atoms with van der Waals surface area (Å²) in [6.07, 6.45) is 1.89. The van der Waals surface area contributed by atoms with Gasteiger partial charge in [-0.25, -0.2) is 0 Å². The summed E-state index contributed by atoms with van der Waals surface area (Å²) in [5.41, 5.74) is 5.41. The van der Waals surface area contributed by atoms with Gasteiger partial charge in [0.05, 0.1) is 12.1 Å². The van der Waals surface area contributed by atoms with Gasteiger partial charge in [-0.05, 0) is 30.9 Å². The Morgan fingerprint density at radius 1 is 1.00 bits per heavy atom. The van der Waals surface area contributed by atoms with Gasteiger partial charge in [-0.3, -0.25) is 11.3 Å². The number of rotatable bonds is 8. The quantitative estimate of drug-likeness (QED) is 0.578. The molecule has 0 aliphatic rings. The van der Waals surface area contributed by atoms with Crippen LogP contribution in [0.15, 0.2) is 60.7 Å². The van der Waals surface area contributed by atoms with E-state index in [-0.39, 0.29) is 12.1 Å². The molecular formula is C18H24N2O. The van der Waals surface area contributed by atoms with Gasteiger partial charge in [-0.15, -0.1) is 0 Å². The Morgan fingerprint density at radius 2 is 1.62 bits per heavy atom. The van der Waals surface area contributed by atoms with E-state index in [2.05, 4.69) is 41.8 Å². The molecule has 3 nitrogen and oxygen atoms in total. The fourth-order valence-electron chi connectivity index (χ4n) is 2.56. The van der Waals surface area contributed by atoms with Crippen LogP contribution in [0.2, 0.25) is 0 Å². The summed E-state index contributed by atoms with van der Waals surface area (Å²) in [7, 11) is 0. The highest BCUT2D eigenvalue weighted by atomic mass is 16.5. The van der Waals surface area contributed by atoms with E-state index >= 15 is 0 Å². The van der Waals surface area contributed by atoms with Gasteiger partial charge in [0.1, 0.15) is 0 Å². The molecule has 0 saturated carbocycles. The third kappa shape index (κ3) is 4.67. The van der Waals surface area contributed by atoms with Gasteiger partial charge < -0.3 is 4.74 Å². The maximum Gasteiger partial charge on any atom is 0.0991 e. The molecule has 2 unspecified atom stereocenters. The monoisotopic (exact) mass is 284 g/mol. The van der Waals surface area contributed by atoms with Gasteiger partial charge in [0.25, 0.3) is 0 Å². The molecule has 112 valence electrons. The van der Waals surface area contributed by atoms with Crippen molar-refractivity contribution in [2.75, 3.05) is 6.61 Å². The standard InChI is InChI=1S/C18H24N2O/c1-2-21-18(16-11-7-4-8-12-16)17(20-19)14-13-15-9-5-3-6-10-15/h3-12,17-18,20H,2,13-14,19H2,1H3. The molecule has 2 rings (SSSR count). The second kappa shape index (κ2) is 8.57. The van der Waals surface area contributed by atoms with Crippen molar-refractivity contribution in [1.82, 2.24) is 5.43 Å². The Morgan fingerprint density at radius 3 is 2.19 bits per heavy atom. The van der Waals surface area contributed by atoms with E-state index in [0.29, 0.717) is 6.61 Å². The molecule has 0 spiro atoms. The van der Waals surface area contributed by atoms with Crippen molar-refractivity contribution in [3.8, 4) is 0 Å². The van der Waals surface area contributed by atoms with Crippen LogP contribution < -0.4 is 11.3 Å². The van der Waals surface area contributed by atoms with Crippen LogP contribution in [-0.4, -0.2) is 12.6 Å². The first kappa shape index (κ1) is 15.7. The second-order valence-corrected chi connectivity index (χ2v) is 5.08. The lowest BCUT2D eigenvalue weighted by Gasteiger charge is -2.27. The fourth-order valence-corrected chi connectivity index (χ4v) is 2.56. The van der Waals surface area contributed by atoms with Crippen LogP contribution in [0, 0.1) is 0 Å². The lowest BCUT2D eigenvalue weighted by atomic mass is 9.96. The number of benzene rings is 2. The number of nitrogens with two attached hydrogens (primary N) is 1. The first-order valence-electron chi connectivity index (χ1n) is 7.51. The molecule has 3 heteroatoms. The molecule has 2 aromatic carbocycles. The van der Waals surface area contributed by atoms with Gasteiger partial charge in [0.15, 0.2) is 0 Å². The zero-order chi connectivity index (χ0) is 14.9. The number of aryl methyl sites for hydroxylation is 1. The fraction of sp³-hybridized carbons (Fsp3) is 0.333. The molecule has 0 fully saturated rings. The van der Waals surface area contributed by atoms with Gasteiger partial charge >= 0.3 is 0 Å². The molecule has 0 aromatic heterocycles. The van der Waals surface area contributed by atoms with Crippen LogP contribution >= 0.6 is 0 Å². The molecule has 0 bridgehead atoms. The van der Waals surface area contributed by atoms with Crippen LogP contribution in [0.3, 0.4) is 0 Å². The molecule has 0 aliphatic heterocycles. The Labute approximate surface area is 127 Å². The summed E-state index contributed by atoms with van der Waals surface area (Å²) in [6.45, 7) is 2.68. The Balaban J connectivity index is 2.05. The minimum atomic E-state index is -0.0232. The molecule has 0 radical (unpaired) electrons. The Bertz CT molecular complexity index is 501. The van der Waals surface area contributed by atoms with E-state index < -0.39 is 0 Å². The highest BCUT2D eigenvalue weighted by Crippen LogP contribution is 2.24. The maximum atomic E-state index is 5.93. The van der Waals surface area contributed by atoms with Crippen LogP contribution in [0.25, 0.3) is 0 Å². The molecule has 0 saturated heterocycles. The van der Waals surface area contributed by atoms with E-state index in [9.17, 15) is 0 Å². The Kier molecular flexibility index (Phi) is 6.41. The summed E-state index contributed by atoms with van der Waals surface area (Å²) in [6, 6.07) is 20.8. The van der Waals surface area contributed by atoms with Crippen LogP contribution in [0.5, 0.6) is 0 Å². The van der Waals surface area contributed by atoms with Crippen molar-refractivity contribution in [2.45, 2.75) is 31.9 Å². The van der Waals surface area contributed by atoms with Crippen molar-refractivity contribution < 1.29 is 4.74 Å². The third-order valence-corrected chi connectivity index (χ3v) is 3.64. The van der Waals surface area contributed by atoms with E-state index in [1.807, 2.05) is 31.2 Å². The van der Waals surface area contributed by atoms with Crippen molar-refractivity contribution in [1.29, 1.82) is 0 Å². The zero-order valence-corrected chi connectivity index (χ0v) is 12.5. The van der Waals surface area contributed by atoms with Gasteiger partial charge in [0.2, 0.25) is 0 Å². The highest BCUT2D eigenvalue weighted by Gasteiger charge is 2.22. The van der Waals surface area contributed by atoms with E-state index in [1.165, 1.54) is 5.56 Å². The molecule has 0 aliphatic carbocycles. The first-order valence-corrected chi connectivity index (χ1v) is 7.51. The smallest absolute Gasteiger partial charge is 0.0991 e. The normalized spacial score (nSPS) is 13.8. The topological polar surface area (TPSA) is 47.3 Å². The minimum absolute atomic E-state index is 0.0232. The number of hydrogen-bond acceptors (Lipinski definition) is 3. The number of nitrogens with one attached hydrogen (secondary N) is 1. The van der Waals surface area contributed by atoms with Crippen molar-refractivity contribution in [3.63, 3.8) is 0 Å². The summed E-state index contributed by atoms with van der Waals surface area (Å²) in [4.78, 5) is 0. The third-order valence-electron chi connectivity index (χ3n) is 3.64. The predicted molar refractivity (Wildman–Crippen MR) is 86.7 cm³/mol. The molecule has 0 amide bonds. The second-order valence-electron chi connectivity index (χ2n) is 5.08. The zero-order valence-electron chi connectivity index (χ0n) is 12.5. The van der Waals surface area contributed by atoms with E-state index in [1.54, 1.807) is 0 Å². The summed E-state index contributed by atoms with van der Waals surface area (Å²) in [5, 5.41) is 0. The summed E-state index contributed by atoms with van der Waals surface area (Å²) < 4.78 is 5.93. The lowest BCUT2D eigenvalue weighted by molar-refractivity contribution is 0.0309. The van der Waals surface area contributed by atoms with Gasteiger partial charge in [-0.2, -0.15) is 0 Å². The van der Waals surface area contributed by atoms with Crippen molar-refractivity contribution >= 4 is 0 Å². The van der Waals surface area contributed by atoms with Crippen LogP contribution in [-0.2, 0) is 11.2 Å². The molecule has 2 aromatic rings. The molecular weight excluding hydrogens is 260 g/mol. The number of hydrazine groups is 1. The lowest BCUT2D eigenvalue weighted by Crippen LogP contribution is -2.41. The average Bonchev–Trinajstić information content (AvgIpc) is 2.56. The maximum absolute atomic E-state index is 5.93. The van der Waals surface area contributed by atoms with E-state index in [4.69, 9.17) is 10.6 Å². The molecule has 0 heterocycles. The first-order chi connectivity index (χ1) is 10.3. The molecule has 2 atom stereocenters. The largest absolute Gasteiger partial charge is 0.372 e. The Hall–Kier alpha value is -1.68. The van der Waals surface area contributed by atoms with E-state index in [0.717, 1.165) is 18.4 Å².